The van der Waals surface area contributed by atoms with E-state index in [0.29, 0.717) is 6.42 Å². The largest absolute Gasteiger partial charge is 0.508 e. The molecule has 4 nitrogen and oxygen atoms in total. The molecule has 0 aromatic heterocycles. The van der Waals surface area contributed by atoms with Gasteiger partial charge in [-0.3, -0.25) is 0 Å². The van der Waals surface area contributed by atoms with Crippen molar-refractivity contribution in [1.29, 1.82) is 0 Å². The zero-order valence-corrected chi connectivity index (χ0v) is 12.6. The second kappa shape index (κ2) is 7.58. The Morgan fingerprint density at radius 2 is 1.74 bits per heavy atom. The summed E-state index contributed by atoms with van der Waals surface area (Å²) in [6.45, 7) is 1.84. The highest BCUT2D eigenvalue weighted by Crippen LogP contribution is 2.14. The van der Waals surface area contributed by atoms with Crippen LogP contribution in [0.25, 0.3) is 0 Å². The molecule has 3 N–H and O–H groups in total. The summed E-state index contributed by atoms with van der Waals surface area (Å²) in [5, 5.41) is 14.3. The van der Waals surface area contributed by atoms with Gasteiger partial charge < -0.3 is 15.7 Å². The second-order valence-electron chi connectivity index (χ2n) is 5.36. The van der Waals surface area contributed by atoms with E-state index < -0.39 is 17.7 Å². The van der Waals surface area contributed by atoms with Crippen LogP contribution in [0, 0.1) is 11.6 Å². The first-order valence-corrected chi connectivity index (χ1v) is 7.24. The number of aromatic hydroxyl groups is 1. The van der Waals surface area contributed by atoms with Gasteiger partial charge in [0, 0.05) is 17.8 Å². The van der Waals surface area contributed by atoms with E-state index in [9.17, 15) is 18.7 Å². The van der Waals surface area contributed by atoms with Crippen LogP contribution in [0.2, 0.25) is 0 Å². The first-order chi connectivity index (χ1) is 10.9. The molecule has 2 aromatic carbocycles. The smallest absolute Gasteiger partial charge is 0.319 e. The minimum absolute atomic E-state index is 0.0609. The van der Waals surface area contributed by atoms with Crippen LogP contribution in [-0.2, 0) is 6.42 Å². The Morgan fingerprint density at radius 3 is 2.35 bits per heavy atom. The van der Waals surface area contributed by atoms with Crippen LogP contribution in [0.3, 0.4) is 0 Å². The van der Waals surface area contributed by atoms with Crippen molar-refractivity contribution < 1.29 is 18.7 Å². The zero-order chi connectivity index (χ0) is 16.8. The van der Waals surface area contributed by atoms with E-state index in [2.05, 4.69) is 10.6 Å². The van der Waals surface area contributed by atoms with E-state index in [4.69, 9.17) is 0 Å². The average molecular weight is 320 g/mol. The summed E-state index contributed by atoms with van der Waals surface area (Å²) in [6, 6.07) is 9.04. The zero-order valence-electron chi connectivity index (χ0n) is 12.6. The third kappa shape index (κ3) is 5.58. The number of amides is 2. The SMILES string of the molecule is CC(CCc1ccc(O)cc1)NC(=O)Nc1cc(F)cc(F)c1. The molecule has 0 fully saturated rings. The van der Waals surface area contributed by atoms with E-state index in [1.165, 1.54) is 0 Å². The topological polar surface area (TPSA) is 61.4 Å². The molecule has 0 aliphatic heterocycles. The Kier molecular flexibility index (Phi) is 5.51. The molecule has 0 spiro atoms. The van der Waals surface area contributed by atoms with E-state index in [0.717, 1.165) is 30.2 Å². The number of aryl methyl sites for hydroxylation is 1. The Bertz CT molecular complexity index is 655. The molecule has 0 radical (unpaired) electrons. The Hall–Kier alpha value is -2.63. The van der Waals surface area contributed by atoms with Gasteiger partial charge in [0.2, 0.25) is 0 Å². The molecule has 0 aliphatic carbocycles. The summed E-state index contributed by atoms with van der Waals surface area (Å²) in [7, 11) is 0. The molecule has 0 bridgehead atoms. The van der Waals surface area contributed by atoms with Crippen LogP contribution >= 0.6 is 0 Å². The van der Waals surface area contributed by atoms with E-state index in [-0.39, 0.29) is 17.5 Å². The van der Waals surface area contributed by atoms with Crippen molar-refractivity contribution in [2.75, 3.05) is 5.32 Å². The lowest BCUT2D eigenvalue weighted by molar-refractivity contribution is 0.248. The summed E-state index contributed by atoms with van der Waals surface area (Å²) in [4.78, 5) is 11.8. The standard InChI is InChI=1S/C17H18F2N2O2/c1-11(2-3-12-4-6-16(22)7-5-12)20-17(23)21-15-9-13(18)8-14(19)10-15/h4-11,22H,2-3H2,1H3,(H2,20,21,23). The normalized spacial score (nSPS) is 11.8. The van der Waals surface area contributed by atoms with E-state index >= 15 is 0 Å². The number of benzene rings is 2. The van der Waals surface area contributed by atoms with Crippen molar-refractivity contribution in [3.63, 3.8) is 0 Å². The summed E-state index contributed by atoms with van der Waals surface area (Å²) in [5.41, 5.74) is 1.11. The monoisotopic (exact) mass is 320 g/mol. The molecule has 1 unspecified atom stereocenters. The van der Waals surface area contributed by atoms with Crippen molar-refractivity contribution in [1.82, 2.24) is 5.32 Å². The number of carbonyl (C=O) groups excluding carboxylic acids is 1. The van der Waals surface area contributed by atoms with Gasteiger partial charge in [0.15, 0.2) is 0 Å². The molecule has 2 aromatic rings. The third-order valence-electron chi connectivity index (χ3n) is 3.30. The van der Waals surface area contributed by atoms with Crippen LogP contribution in [0.15, 0.2) is 42.5 Å². The number of phenolic OH excluding ortho intramolecular Hbond substituents is 1. The molecule has 0 saturated heterocycles. The van der Waals surface area contributed by atoms with Crippen LogP contribution in [-0.4, -0.2) is 17.2 Å². The fourth-order valence-electron chi connectivity index (χ4n) is 2.13. The van der Waals surface area contributed by atoms with Crippen molar-refractivity contribution in [3.8, 4) is 5.75 Å². The van der Waals surface area contributed by atoms with Gasteiger partial charge in [0.1, 0.15) is 17.4 Å². The number of carbonyl (C=O) groups is 1. The van der Waals surface area contributed by atoms with Crippen molar-refractivity contribution in [2.45, 2.75) is 25.8 Å². The van der Waals surface area contributed by atoms with Gasteiger partial charge in [-0.25, -0.2) is 13.6 Å². The average Bonchev–Trinajstić information content (AvgIpc) is 2.45. The predicted molar refractivity (Wildman–Crippen MR) is 84.4 cm³/mol. The van der Waals surface area contributed by atoms with Gasteiger partial charge in [-0.15, -0.1) is 0 Å². The Balaban J connectivity index is 1.81. The molecule has 2 rings (SSSR count). The lowest BCUT2D eigenvalue weighted by Crippen LogP contribution is -2.36. The number of hydrogen-bond donors (Lipinski definition) is 3. The minimum atomic E-state index is -0.749. The van der Waals surface area contributed by atoms with Crippen LogP contribution < -0.4 is 10.6 Å². The maximum absolute atomic E-state index is 13.0. The minimum Gasteiger partial charge on any atom is -0.508 e. The van der Waals surface area contributed by atoms with Crippen LogP contribution in [0.1, 0.15) is 18.9 Å². The summed E-state index contributed by atoms with van der Waals surface area (Å²) < 4.78 is 26.1. The number of rotatable bonds is 5. The predicted octanol–water partition coefficient (Wildman–Crippen LogP) is 3.81. The molecule has 2 amide bonds. The lowest BCUT2D eigenvalue weighted by atomic mass is 10.1. The number of phenols is 1. The highest BCUT2D eigenvalue weighted by Gasteiger charge is 2.09. The fourth-order valence-corrected chi connectivity index (χ4v) is 2.13. The molecular weight excluding hydrogens is 302 g/mol. The molecule has 1 atom stereocenters. The van der Waals surface area contributed by atoms with Gasteiger partial charge >= 0.3 is 6.03 Å². The number of hydrogen-bond acceptors (Lipinski definition) is 2. The van der Waals surface area contributed by atoms with Crippen LogP contribution in [0.4, 0.5) is 19.3 Å². The highest BCUT2D eigenvalue weighted by molar-refractivity contribution is 5.89. The number of halogens is 2. The maximum Gasteiger partial charge on any atom is 0.319 e. The molecule has 0 aliphatic rings. The van der Waals surface area contributed by atoms with Crippen LogP contribution in [0.5, 0.6) is 5.75 Å². The first-order valence-electron chi connectivity index (χ1n) is 7.24. The highest BCUT2D eigenvalue weighted by atomic mass is 19.1. The molecule has 0 heterocycles. The summed E-state index contributed by atoms with van der Waals surface area (Å²) in [5.74, 6) is -1.29. The van der Waals surface area contributed by atoms with Crippen molar-refractivity contribution in [3.05, 3.63) is 59.7 Å². The third-order valence-corrected chi connectivity index (χ3v) is 3.30. The quantitative estimate of drug-likeness (QED) is 0.784. The number of urea groups is 1. The van der Waals surface area contributed by atoms with Gasteiger partial charge in [-0.05, 0) is 49.6 Å². The molecule has 0 saturated carbocycles. The Morgan fingerprint density at radius 1 is 1.13 bits per heavy atom. The molecular formula is C17H18F2N2O2. The van der Waals surface area contributed by atoms with Gasteiger partial charge in [-0.2, -0.15) is 0 Å². The second-order valence-corrected chi connectivity index (χ2v) is 5.36. The summed E-state index contributed by atoms with van der Waals surface area (Å²) in [6.07, 6.45) is 1.42. The molecule has 23 heavy (non-hydrogen) atoms. The van der Waals surface area contributed by atoms with Gasteiger partial charge in [0.05, 0.1) is 0 Å². The van der Waals surface area contributed by atoms with Crippen molar-refractivity contribution >= 4 is 11.7 Å². The Labute approximate surface area is 133 Å². The fraction of sp³-hybridized carbons (Fsp3) is 0.235. The molecule has 122 valence electrons. The van der Waals surface area contributed by atoms with Gasteiger partial charge in [0.25, 0.3) is 0 Å². The van der Waals surface area contributed by atoms with Crippen molar-refractivity contribution in [2.24, 2.45) is 0 Å². The first kappa shape index (κ1) is 16.7. The van der Waals surface area contributed by atoms with E-state index in [1.54, 1.807) is 12.1 Å². The van der Waals surface area contributed by atoms with Gasteiger partial charge in [-0.1, -0.05) is 12.1 Å². The number of anilines is 1. The molecule has 6 heteroatoms. The maximum atomic E-state index is 13.0. The lowest BCUT2D eigenvalue weighted by Gasteiger charge is -2.15. The number of nitrogens with one attached hydrogen (secondary N) is 2. The van der Waals surface area contributed by atoms with E-state index in [1.807, 2.05) is 19.1 Å². The summed E-state index contributed by atoms with van der Waals surface area (Å²) >= 11 is 0.